The smallest absolute Gasteiger partial charge is 0.325 e. The van der Waals surface area contributed by atoms with Gasteiger partial charge < -0.3 is 10.1 Å². The lowest BCUT2D eigenvalue weighted by Crippen LogP contribution is -2.41. The van der Waals surface area contributed by atoms with Crippen LogP contribution in [0, 0.1) is 5.92 Å². The molecule has 2 saturated heterocycles. The molecular formula is C11H13N3O6S. The van der Waals surface area contributed by atoms with Gasteiger partial charge in [0.1, 0.15) is 0 Å². The van der Waals surface area contributed by atoms with Gasteiger partial charge in [0.15, 0.2) is 4.90 Å². The van der Waals surface area contributed by atoms with Crippen LogP contribution in [0.3, 0.4) is 0 Å². The maximum atomic E-state index is 12.6. The van der Waals surface area contributed by atoms with Crippen molar-refractivity contribution in [3.05, 3.63) is 27.0 Å². The van der Waals surface area contributed by atoms with E-state index in [1.54, 1.807) is 0 Å². The quantitative estimate of drug-likeness (QED) is 0.632. The number of hydrogen-bond acceptors (Lipinski definition) is 5. The van der Waals surface area contributed by atoms with Crippen LogP contribution in [0.25, 0.3) is 0 Å². The summed E-state index contributed by atoms with van der Waals surface area (Å²) in [5.74, 6) is -1.78. The summed E-state index contributed by atoms with van der Waals surface area (Å²) < 4.78 is 26.3. The molecule has 2 bridgehead atoms. The van der Waals surface area contributed by atoms with Gasteiger partial charge in [-0.05, 0) is 19.3 Å². The van der Waals surface area contributed by atoms with Crippen molar-refractivity contribution in [1.29, 1.82) is 0 Å². The number of aliphatic carboxylic acids is 1. The molecular weight excluding hydrogens is 302 g/mol. The number of carboxylic acids is 1. The summed E-state index contributed by atoms with van der Waals surface area (Å²) in [4.78, 5) is 37.3. The van der Waals surface area contributed by atoms with E-state index in [-0.39, 0.29) is 6.42 Å². The van der Waals surface area contributed by atoms with Crippen LogP contribution in [-0.4, -0.2) is 45.9 Å². The Morgan fingerprint density at radius 1 is 1.33 bits per heavy atom. The maximum Gasteiger partial charge on any atom is 0.325 e. The van der Waals surface area contributed by atoms with Gasteiger partial charge in [-0.3, -0.25) is 14.6 Å². The highest BCUT2D eigenvalue weighted by atomic mass is 32.2. The normalized spacial score (nSPS) is 28.9. The van der Waals surface area contributed by atoms with E-state index >= 15 is 0 Å². The number of rotatable bonds is 3. The van der Waals surface area contributed by atoms with Gasteiger partial charge in [0.25, 0.3) is 15.6 Å². The Morgan fingerprint density at radius 3 is 2.62 bits per heavy atom. The third-order valence-corrected chi connectivity index (χ3v) is 6.11. The molecule has 9 nitrogen and oxygen atoms in total. The van der Waals surface area contributed by atoms with Gasteiger partial charge in [0.05, 0.1) is 5.92 Å². The van der Waals surface area contributed by atoms with Gasteiger partial charge in [-0.2, -0.15) is 4.31 Å². The van der Waals surface area contributed by atoms with Gasteiger partial charge in [-0.15, -0.1) is 0 Å². The van der Waals surface area contributed by atoms with Crippen LogP contribution >= 0.6 is 0 Å². The summed E-state index contributed by atoms with van der Waals surface area (Å²) in [6.07, 6.45) is 2.14. The zero-order chi connectivity index (χ0) is 15.4. The minimum Gasteiger partial charge on any atom is -0.481 e. The average Bonchev–Trinajstić information content (AvgIpc) is 2.96. The Kier molecular flexibility index (Phi) is 3.02. The number of fused-ring (bicyclic) bond motifs is 2. The van der Waals surface area contributed by atoms with Crippen molar-refractivity contribution in [3.8, 4) is 0 Å². The van der Waals surface area contributed by atoms with Crippen molar-refractivity contribution < 1.29 is 18.3 Å². The molecule has 1 aromatic heterocycles. The first-order valence-corrected chi connectivity index (χ1v) is 7.84. The molecule has 1 aromatic rings. The summed E-state index contributed by atoms with van der Waals surface area (Å²) in [5, 5.41) is 9.14. The maximum absolute atomic E-state index is 12.6. The summed E-state index contributed by atoms with van der Waals surface area (Å²) in [6.45, 7) is 0. The number of H-pyrrole nitrogens is 2. The molecule has 0 saturated carbocycles. The summed E-state index contributed by atoms with van der Waals surface area (Å²) in [7, 11) is -4.13. The Hall–Kier alpha value is -1.94. The number of nitrogens with one attached hydrogen (secondary N) is 2. The number of aromatic amines is 2. The van der Waals surface area contributed by atoms with Crippen molar-refractivity contribution >= 4 is 16.0 Å². The molecule has 21 heavy (non-hydrogen) atoms. The van der Waals surface area contributed by atoms with Gasteiger partial charge in [0, 0.05) is 18.3 Å². The van der Waals surface area contributed by atoms with E-state index in [2.05, 4.69) is 4.98 Å². The molecule has 3 rings (SSSR count). The van der Waals surface area contributed by atoms with Crippen molar-refractivity contribution in [2.45, 2.75) is 36.2 Å². The van der Waals surface area contributed by atoms with Crippen LogP contribution in [-0.2, 0) is 14.8 Å². The average molecular weight is 315 g/mol. The first-order valence-electron chi connectivity index (χ1n) is 6.40. The third-order valence-electron chi connectivity index (χ3n) is 4.13. The van der Waals surface area contributed by atoms with E-state index < -0.39 is 50.1 Å². The monoisotopic (exact) mass is 315 g/mol. The second-order valence-electron chi connectivity index (χ2n) is 5.25. The van der Waals surface area contributed by atoms with Gasteiger partial charge >= 0.3 is 11.7 Å². The number of nitrogens with zero attached hydrogens (tertiary/aromatic N) is 1. The minimum atomic E-state index is -4.13. The molecule has 0 spiro atoms. The molecule has 2 fully saturated rings. The lowest BCUT2D eigenvalue weighted by Gasteiger charge is -2.21. The number of carboxylic acid groups (broad SMARTS) is 1. The predicted octanol–water partition coefficient (Wildman–Crippen LogP) is -1.31. The standard InChI is InChI=1S/C11H13N3O6S/c15-9-8(4-12-11(18)13-9)21(19,20)14-5-1-2-7(14)6(3-5)10(16)17/h4-7H,1-3H2,(H,16,17)(H2,12,13,15,18). The van der Waals surface area contributed by atoms with Crippen LogP contribution in [0.4, 0.5) is 0 Å². The predicted molar refractivity (Wildman–Crippen MR) is 69.3 cm³/mol. The molecule has 0 amide bonds. The SMILES string of the molecule is O=C(O)C1CC2CCC1N2S(=O)(=O)c1c[nH]c(=O)[nH]c1=O. The first kappa shape index (κ1) is 14.0. The number of carbonyl (C=O) groups is 1. The Morgan fingerprint density at radius 2 is 2.05 bits per heavy atom. The summed E-state index contributed by atoms with van der Waals surface area (Å²) in [5.41, 5.74) is -1.80. The summed E-state index contributed by atoms with van der Waals surface area (Å²) in [6, 6.07) is -1.05. The molecule has 2 aliphatic heterocycles. The zero-order valence-corrected chi connectivity index (χ0v) is 11.6. The molecule has 10 heteroatoms. The van der Waals surface area contributed by atoms with Crippen LogP contribution in [0.1, 0.15) is 19.3 Å². The highest BCUT2D eigenvalue weighted by Gasteiger charge is 2.54. The topological polar surface area (TPSA) is 140 Å². The molecule has 3 heterocycles. The Bertz CT molecular complexity index is 810. The highest BCUT2D eigenvalue weighted by Crippen LogP contribution is 2.44. The van der Waals surface area contributed by atoms with E-state index in [0.717, 1.165) is 10.5 Å². The molecule has 3 N–H and O–H groups in total. The van der Waals surface area contributed by atoms with Crippen LogP contribution < -0.4 is 11.2 Å². The van der Waals surface area contributed by atoms with Gasteiger partial charge in [-0.25, -0.2) is 13.2 Å². The molecule has 114 valence electrons. The van der Waals surface area contributed by atoms with Crippen molar-refractivity contribution in [1.82, 2.24) is 14.3 Å². The second kappa shape index (κ2) is 4.53. The van der Waals surface area contributed by atoms with E-state index in [9.17, 15) is 22.8 Å². The summed E-state index contributed by atoms with van der Waals surface area (Å²) >= 11 is 0. The minimum absolute atomic E-state index is 0.250. The second-order valence-corrected chi connectivity index (χ2v) is 7.06. The molecule has 3 unspecified atom stereocenters. The van der Waals surface area contributed by atoms with E-state index in [0.29, 0.717) is 12.8 Å². The Balaban J connectivity index is 2.06. The van der Waals surface area contributed by atoms with Crippen molar-refractivity contribution in [3.63, 3.8) is 0 Å². The van der Waals surface area contributed by atoms with Crippen molar-refractivity contribution in [2.24, 2.45) is 5.92 Å². The van der Waals surface area contributed by atoms with Crippen molar-refractivity contribution in [2.75, 3.05) is 0 Å². The fourth-order valence-corrected chi connectivity index (χ4v) is 5.19. The fourth-order valence-electron chi connectivity index (χ4n) is 3.28. The largest absolute Gasteiger partial charge is 0.481 e. The molecule has 3 atom stereocenters. The molecule has 2 aliphatic rings. The number of sulfonamides is 1. The number of aromatic nitrogens is 2. The fraction of sp³-hybridized carbons (Fsp3) is 0.545. The Labute approximate surface area is 118 Å². The molecule has 0 aromatic carbocycles. The lowest BCUT2D eigenvalue weighted by molar-refractivity contribution is -0.142. The first-order chi connectivity index (χ1) is 9.82. The van der Waals surface area contributed by atoms with E-state index in [1.165, 1.54) is 0 Å². The number of hydrogen-bond donors (Lipinski definition) is 3. The van der Waals surface area contributed by atoms with Crippen LogP contribution in [0.5, 0.6) is 0 Å². The van der Waals surface area contributed by atoms with Gasteiger partial charge in [0.2, 0.25) is 0 Å². The van der Waals surface area contributed by atoms with Crippen LogP contribution in [0.15, 0.2) is 20.7 Å². The third kappa shape index (κ3) is 2.02. The lowest BCUT2D eigenvalue weighted by atomic mass is 9.89. The zero-order valence-electron chi connectivity index (χ0n) is 10.8. The van der Waals surface area contributed by atoms with Gasteiger partial charge in [-0.1, -0.05) is 0 Å². The molecule has 0 radical (unpaired) electrons. The van der Waals surface area contributed by atoms with E-state index in [1.807, 2.05) is 4.98 Å². The van der Waals surface area contributed by atoms with Crippen LogP contribution in [0.2, 0.25) is 0 Å². The molecule has 0 aliphatic carbocycles. The van der Waals surface area contributed by atoms with E-state index in [4.69, 9.17) is 5.11 Å². The highest BCUT2D eigenvalue weighted by molar-refractivity contribution is 7.89.